The lowest BCUT2D eigenvalue weighted by Crippen LogP contribution is -2.41. The highest BCUT2D eigenvalue weighted by atomic mass is 79.9. The van der Waals surface area contributed by atoms with Crippen LogP contribution in [0.1, 0.15) is 46.1 Å². The van der Waals surface area contributed by atoms with E-state index in [2.05, 4.69) is 29.8 Å². The van der Waals surface area contributed by atoms with Crippen molar-refractivity contribution in [3.8, 4) is 0 Å². The fourth-order valence-electron chi connectivity index (χ4n) is 2.17. The van der Waals surface area contributed by atoms with Crippen LogP contribution in [0.25, 0.3) is 0 Å². The minimum absolute atomic E-state index is 0.0728. The summed E-state index contributed by atoms with van der Waals surface area (Å²) in [5, 5.41) is 0. The van der Waals surface area contributed by atoms with Crippen LogP contribution in [0.3, 0.4) is 0 Å². The fourth-order valence-corrected chi connectivity index (χ4v) is 6.47. The molecular weight excluding hydrogens is 358 g/mol. The lowest BCUT2D eigenvalue weighted by Gasteiger charge is -2.30. The molecule has 1 aromatic rings. The number of aryl methyl sites for hydroxylation is 1. The molecule has 0 saturated carbocycles. The topological polar surface area (TPSA) is 37.4 Å². The third-order valence-electron chi connectivity index (χ3n) is 3.29. The zero-order valence-electron chi connectivity index (χ0n) is 12.8. The van der Waals surface area contributed by atoms with Gasteiger partial charge in [0.1, 0.15) is 4.21 Å². The van der Waals surface area contributed by atoms with Gasteiger partial charge in [-0.05, 0) is 53.2 Å². The van der Waals surface area contributed by atoms with Crippen LogP contribution in [-0.4, -0.2) is 25.3 Å². The Morgan fingerprint density at radius 2 is 1.85 bits per heavy atom. The summed E-state index contributed by atoms with van der Waals surface area (Å²) in [6.45, 7) is 10.7. The maximum atomic E-state index is 12.9. The first-order valence-electron chi connectivity index (χ1n) is 7.01. The normalized spacial score (nSPS) is 12.8. The van der Waals surface area contributed by atoms with Crippen molar-refractivity contribution in [3.05, 3.63) is 15.4 Å². The van der Waals surface area contributed by atoms with E-state index in [-0.39, 0.29) is 6.04 Å². The van der Waals surface area contributed by atoms with Crippen LogP contribution in [0.5, 0.6) is 0 Å². The quantitative estimate of drug-likeness (QED) is 0.688. The van der Waals surface area contributed by atoms with Gasteiger partial charge in [-0.1, -0.05) is 27.7 Å². The van der Waals surface area contributed by atoms with Crippen LogP contribution < -0.4 is 0 Å². The average molecular weight is 382 g/mol. The van der Waals surface area contributed by atoms with Gasteiger partial charge in [0, 0.05) is 12.6 Å². The Hall–Kier alpha value is 0.0900. The van der Waals surface area contributed by atoms with Gasteiger partial charge in [0.15, 0.2) is 0 Å². The van der Waals surface area contributed by atoms with Gasteiger partial charge in [-0.2, -0.15) is 4.31 Å². The Bertz CT molecular complexity index is 514. The monoisotopic (exact) mass is 381 g/mol. The van der Waals surface area contributed by atoms with Crippen molar-refractivity contribution in [1.29, 1.82) is 0 Å². The van der Waals surface area contributed by atoms with E-state index in [0.29, 0.717) is 16.7 Å². The van der Waals surface area contributed by atoms with E-state index in [1.165, 1.54) is 11.3 Å². The molecule has 0 bridgehead atoms. The molecule has 6 heteroatoms. The molecule has 0 N–H and O–H groups in total. The molecule has 1 aromatic heterocycles. The molecule has 0 aromatic carbocycles. The third kappa shape index (κ3) is 4.06. The first-order chi connectivity index (χ1) is 9.23. The van der Waals surface area contributed by atoms with Crippen molar-refractivity contribution in [2.45, 2.75) is 57.7 Å². The molecule has 3 nitrogen and oxygen atoms in total. The molecule has 0 saturated heterocycles. The molecule has 0 aliphatic rings. The molecule has 0 fully saturated rings. The second-order valence-electron chi connectivity index (χ2n) is 5.46. The Morgan fingerprint density at radius 3 is 2.20 bits per heavy atom. The number of sulfonamides is 1. The van der Waals surface area contributed by atoms with Crippen molar-refractivity contribution in [2.24, 2.45) is 5.92 Å². The number of thiophene rings is 1. The summed E-state index contributed by atoms with van der Waals surface area (Å²) < 4.78 is 28.8. The van der Waals surface area contributed by atoms with E-state index in [9.17, 15) is 8.42 Å². The number of hydrogen-bond acceptors (Lipinski definition) is 3. The predicted octanol–water partition coefficient (Wildman–Crippen LogP) is 4.65. The predicted molar refractivity (Wildman–Crippen MR) is 89.9 cm³/mol. The van der Waals surface area contributed by atoms with Gasteiger partial charge in [0.2, 0.25) is 0 Å². The van der Waals surface area contributed by atoms with E-state index in [4.69, 9.17) is 0 Å². The molecule has 1 heterocycles. The Morgan fingerprint density at radius 1 is 1.30 bits per heavy atom. The lowest BCUT2D eigenvalue weighted by molar-refractivity contribution is 0.277. The van der Waals surface area contributed by atoms with Crippen LogP contribution in [0.4, 0.5) is 0 Å². The van der Waals surface area contributed by atoms with Crippen LogP contribution in [-0.2, 0) is 10.0 Å². The van der Waals surface area contributed by atoms with Crippen molar-refractivity contribution in [3.63, 3.8) is 0 Å². The highest BCUT2D eigenvalue weighted by Gasteiger charge is 2.31. The van der Waals surface area contributed by atoms with E-state index in [1.54, 1.807) is 10.4 Å². The molecule has 20 heavy (non-hydrogen) atoms. The maximum Gasteiger partial charge on any atom is 0.252 e. The first kappa shape index (κ1) is 18.1. The summed E-state index contributed by atoms with van der Waals surface area (Å²) in [4.78, 5) is 0. The van der Waals surface area contributed by atoms with Crippen LogP contribution >= 0.6 is 27.3 Å². The van der Waals surface area contributed by atoms with Crippen LogP contribution in [0.15, 0.2) is 14.1 Å². The third-order valence-corrected chi connectivity index (χ3v) is 7.80. The SMILES string of the molecule is CCC(CC)N(CC(C)C)S(=O)(=O)c1cc(C)c(Br)s1. The summed E-state index contributed by atoms with van der Waals surface area (Å²) in [6, 6.07) is 1.84. The molecular formula is C14H24BrNO2S2. The fraction of sp³-hybridized carbons (Fsp3) is 0.714. The van der Waals surface area contributed by atoms with Gasteiger partial charge in [-0.25, -0.2) is 8.42 Å². The van der Waals surface area contributed by atoms with Crippen molar-refractivity contribution < 1.29 is 8.42 Å². The van der Waals surface area contributed by atoms with Crippen LogP contribution in [0.2, 0.25) is 0 Å². The molecule has 0 aliphatic heterocycles. The molecule has 0 amide bonds. The van der Waals surface area contributed by atoms with Crippen LogP contribution in [0, 0.1) is 12.8 Å². The summed E-state index contributed by atoms with van der Waals surface area (Å²) in [6.07, 6.45) is 1.68. The van der Waals surface area contributed by atoms with Gasteiger partial charge in [0.05, 0.1) is 3.79 Å². The smallest absolute Gasteiger partial charge is 0.206 e. The summed E-state index contributed by atoms with van der Waals surface area (Å²) in [5.41, 5.74) is 0.975. The van der Waals surface area contributed by atoms with Gasteiger partial charge >= 0.3 is 0 Å². The summed E-state index contributed by atoms with van der Waals surface area (Å²) in [5.74, 6) is 0.315. The molecule has 0 radical (unpaired) electrons. The second-order valence-corrected chi connectivity index (χ2v) is 9.95. The standard InChI is InChI=1S/C14H24BrNO2S2/c1-6-12(7-2)16(9-10(3)4)20(17,18)13-8-11(5)14(15)19-13/h8,10,12H,6-7,9H2,1-5H3. The second kappa shape index (κ2) is 7.38. The van der Waals surface area contributed by atoms with Gasteiger partial charge in [-0.15, -0.1) is 11.3 Å². The Kier molecular flexibility index (Phi) is 6.70. The Balaban J connectivity index is 3.23. The highest BCUT2D eigenvalue weighted by Crippen LogP contribution is 2.33. The van der Waals surface area contributed by atoms with Crippen molar-refractivity contribution in [1.82, 2.24) is 4.31 Å². The number of hydrogen-bond donors (Lipinski definition) is 0. The molecule has 0 aliphatic carbocycles. The molecule has 0 spiro atoms. The molecule has 1 rings (SSSR count). The zero-order valence-corrected chi connectivity index (χ0v) is 16.0. The number of halogens is 1. The summed E-state index contributed by atoms with van der Waals surface area (Å²) >= 11 is 4.72. The average Bonchev–Trinajstić information content (AvgIpc) is 2.70. The maximum absolute atomic E-state index is 12.9. The van der Waals surface area contributed by atoms with Crippen molar-refractivity contribution >= 4 is 37.3 Å². The Labute approximate surface area is 135 Å². The first-order valence-corrected chi connectivity index (χ1v) is 10.1. The summed E-state index contributed by atoms with van der Waals surface area (Å²) in [7, 11) is -3.40. The van der Waals surface area contributed by atoms with E-state index in [1.807, 2.05) is 20.8 Å². The molecule has 0 unspecified atom stereocenters. The van der Waals surface area contributed by atoms with E-state index < -0.39 is 10.0 Å². The zero-order chi connectivity index (χ0) is 15.5. The van der Waals surface area contributed by atoms with Crippen molar-refractivity contribution in [2.75, 3.05) is 6.54 Å². The van der Waals surface area contributed by atoms with Gasteiger partial charge < -0.3 is 0 Å². The molecule has 116 valence electrons. The number of nitrogens with zero attached hydrogens (tertiary/aromatic N) is 1. The van der Waals surface area contributed by atoms with Gasteiger partial charge in [0.25, 0.3) is 10.0 Å². The lowest BCUT2D eigenvalue weighted by atomic mass is 10.1. The number of rotatable bonds is 7. The van der Waals surface area contributed by atoms with Gasteiger partial charge in [-0.3, -0.25) is 0 Å². The highest BCUT2D eigenvalue weighted by molar-refractivity contribution is 9.11. The minimum Gasteiger partial charge on any atom is -0.206 e. The minimum atomic E-state index is -3.40. The van der Waals surface area contributed by atoms with E-state index in [0.717, 1.165) is 22.2 Å². The molecule has 0 atom stereocenters. The van der Waals surface area contributed by atoms with E-state index >= 15 is 0 Å². The largest absolute Gasteiger partial charge is 0.252 e.